The second-order valence-corrected chi connectivity index (χ2v) is 6.58. The van der Waals surface area contributed by atoms with E-state index in [1.807, 2.05) is 12.1 Å². The second-order valence-electron chi connectivity index (χ2n) is 6.58. The van der Waals surface area contributed by atoms with E-state index in [9.17, 15) is 0 Å². The van der Waals surface area contributed by atoms with Crippen LogP contribution in [0.4, 0.5) is 0 Å². The molecule has 5 nitrogen and oxygen atoms in total. The lowest BCUT2D eigenvalue weighted by Crippen LogP contribution is -2.39. The fourth-order valence-electron chi connectivity index (χ4n) is 4.12. The van der Waals surface area contributed by atoms with Crippen LogP contribution >= 0.6 is 0 Å². The van der Waals surface area contributed by atoms with Crippen molar-refractivity contribution in [1.29, 1.82) is 0 Å². The molecular formula is C21H25NO4. The molecule has 2 aliphatic rings. The van der Waals surface area contributed by atoms with E-state index in [1.165, 1.54) is 14.2 Å². The summed E-state index contributed by atoms with van der Waals surface area (Å²) in [5, 5.41) is 0. The van der Waals surface area contributed by atoms with Gasteiger partial charge in [-0.05, 0) is 47.7 Å². The van der Waals surface area contributed by atoms with Gasteiger partial charge in [0.2, 0.25) is 0 Å². The molecule has 2 heterocycles. The van der Waals surface area contributed by atoms with Gasteiger partial charge in [0.25, 0.3) is 0 Å². The van der Waals surface area contributed by atoms with Crippen molar-refractivity contribution in [3.63, 3.8) is 0 Å². The van der Waals surface area contributed by atoms with Crippen molar-refractivity contribution >= 4 is 0 Å². The third-order valence-corrected chi connectivity index (χ3v) is 5.42. The topological polar surface area (TPSA) is 40.2 Å². The van der Waals surface area contributed by atoms with Gasteiger partial charge in [0.1, 0.15) is 0 Å². The van der Waals surface area contributed by atoms with Crippen molar-refractivity contribution in [2.45, 2.75) is 25.4 Å². The number of hydrogen-bond acceptors (Lipinski definition) is 5. The predicted molar refractivity (Wildman–Crippen MR) is 99.7 cm³/mol. The smallest absolute Gasteiger partial charge is 0.165 e. The Balaban J connectivity index is 1.74. The maximum absolute atomic E-state index is 7.54. The summed E-state index contributed by atoms with van der Waals surface area (Å²) in [5.74, 6) is 1.20. The highest BCUT2D eigenvalue weighted by Gasteiger charge is 2.34. The van der Waals surface area contributed by atoms with Crippen molar-refractivity contribution in [3.8, 4) is 23.0 Å². The van der Waals surface area contributed by atoms with E-state index < -0.39 is 14.1 Å². The quantitative estimate of drug-likeness (QED) is 0.835. The van der Waals surface area contributed by atoms with Crippen LogP contribution in [0.25, 0.3) is 0 Å². The molecule has 0 fully saturated rings. The molecule has 0 amide bonds. The molecule has 0 aliphatic carbocycles. The third-order valence-electron chi connectivity index (χ3n) is 5.42. The van der Waals surface area contributed by atoms with Crippen LogP contribution in [0.5, 0.6) is 23.0 Å². The molecule has 138 valence electrons. The van der Waals surface area contributed by atoms with Crippen LogP contribution in [0, 0.1) is 0 Å². The van der Waals surface area contributed by atoms with Crippen LogP contribution in [-0.2, 0) is 19.4 Å². The lowest BCUT2D eigenvalue weighted by atomic mass is 9.83. The molecule has 0 saturated carbocycles. The van der Waals surface area contributed by atoms with Crippen molar-refractivity contribution in [2.75, 3.05) is 34.8 Å². The first-order valence-electron chi connectivity index (χ1n) is 11.5. The molecular weight excluding hydrogens is 330 g/mol. The first kappa shape index (κ1) is 11.3. The molecule has 26 heavy (non-hydrogen) atoms. The van der Waals surface area contributed by atoms with E-state index in [1.54, 1.807) is 12.1 Å². The first-order chi connectivity index (χ1) is 15.0. The molecule has 0 spiro atoms. The van der Waals surface area contributed by atoms with E-state index in [0.29, 0.717) is 24.5 Å². The third kappa shape index (κ3) is 2.58. The number of fused-ring (bicyclic) bond motifs is 4. The van der Waals surface area contributed by atoms with Crippen LogP contribution < -0.4 is 18.9 Å². The van der Waals surface area contributed by atoms with Gasteiger partial charge >= 0.3 is 0 Å². The molecule has 4 rings (SSSR count). The molecule has 2 aliphatic heterocycles. The predicted octanol–water partition coefficient (Wildman–Crippen LogP) is 3.38. The lowest BCUT2D eigenvalue weighted by molar-refractivity contribution is 0.157. The Bertz CT molecular complexity index is 1020. The van der Waals surface area contributed by atoms with Crippen LogP contribution in [-0.4, -0.2) is 39.7 Å². The summed E-state index contributed by atoms with van der Waals surface area (Å²) in [5.41, 5.74) is 3.83. The second kappa shape index (κ2) is 6.72. The average molecular weight is 361 g/mol. The first-order valence-corrected chi connectivity index (χ1v) is 8.50. The minimum absolute atomic E-state index is 0.00915. The van der Waals surface area contributed by atoms with Crippen LogP contribution in [0.15, 0.2) is 24.3 Å². The zero-order valence-corrected chi connectivity index (χ0v) is 14.8. The highest BCUT2D eigenvalue weighted by molar-refractivity contribution is 5.54. The van der Waals surface area contributed by atoms with Crippen LogP contribution in [0.3, 0.4) is 0 Å². The Morgan fingerprint density at radius 3 is 2.54 bits per heavy atom. The molecule has 0 saturated heterocycles. The molecule has 0 radical (unpaired) electrons. The Kier molecular flexibility index (Phi) is 2.93. The fourth-order valence-corrected chi connectivity index (χ4v) is 4.12. The van der Waals surface area contributed by atoms with E-state index >= 15 is 0 Å². The highest BCUT2D eigenvalue weighted by Crippen LogP contribution is 2.45. The fraction of sp³-hybridized carbons (Fsp3) is 0.429. The summed E-state index contributed by atoms with van der Waals surface area (Å²) >= 11 is 0. The van der Waals surface area contributed by atoms with E-state index in [0.717, 1.165) is 35.2 Å². The van der Waals surface area contributed by atoms with Gasteiger partial charge in [0.15, 0.2) is 23.0 Å². The van der Waals surface area contributed by atoms with Gasteiger partial charge in [0.05, 0.1) is 36.5 Å². The average Bonchev–Trinajstić information content (AvgIpc) is 2.70. The van der Waals surface area contributed by atoms with Gasteiger partial charge in [0, 0.05) is 24.7 Å². The number of hydrogen-bond donors (Lipinski definition) is 0. The summed E-state index contributed by atoms with van der Waals surface area (Å²) in [7, 11) is -2.21. The zero-order chi connectivity index (χ0) is 23.3. The normalized spacial score (nSPS) is 22.8. The highest BCUT2D eigenvalue weighted by atomic mass is 16.5. The maximum Gasteiger partial charge on any atom is 0.165 e. The molecule has 0 bridgehead atoms. The Hall–Kier alpha value is -2.40. The summed E-state index contributed by atoms with van der Waals surface area (Å²) in [6.07, 6.45) is 1.36. The largest absolute Gasteiger partial charge is 0.493 e. The van der Waals surface area contributed by atoms with Crippen LogP contribution in [0.1, 0.15) is 36.5 Å². The number of ether oxygens (including phenoxy) is 4. The molecule has 2 aromatic rings. The maximum atomic E-state index is 7.54. The minimum Gasteiger partial charge on any atom is -0.493 e. The van der Waals surface area contributed by atoms with Gasteiger partial charge in [-0.3, -0.25) is 4.90 Å². The van der Waals surface area contributed by atoms with Gasteiger partial charge in [-0.25, -0.2) is 0 Å². The SMILES string of the molecule is [2H]C([2H])([2H])Oc1cc2c(cc1OC)CCN1Cc3c(ccc(OC)c3OC([2H])([2H])[2H])C[C@@H]21. The summed E-state index contributed by atoms with van der Waals surface area (Å²) in [4.78, 5) is 2.24. The van der Waals surface area contributed by atoms with E-state index in [4.69, 9.17) is 27.2 Å². The molecule has 0 aromatic heterocycles. The number of methoxy groups -OCH3 is 4. The van der Waals surface area contributed by atoms with Crippen molar-refractivity contribution in [3.05, 3.63) is 46.5 Å². The lowest BCUT2D eigenvalue weighted by Gasteiger charge is -2.42. The summed E-state index contributed by atoms with van der Waals surface area (Å²) in [6.45, 7) is 1.24. The summed E-state index contributed by atoms with van der Waals surface area (Å²) < 4.78 is 66.3. The molecule has 0 N–H and O–H groups in total. The molecule has 0 unspecified atom stereocenters. The van der Waals surface area contributed by atoms with Gasteiger partial charge < -0.3 is 18.9 Å². The van der Waals surface area contributed by atoms with E-state index in [2.05, 4.69) is 4.90 Å². The van der Waals surface area contributed by atoms with Crippen LogP contribution in [0.2, 0.25) is 0 Å². The molecule has 5 heteroatoms. The number of benzene rings is 2. The zero-order valence-electron chi connectivity index (χ0n) is 20.8. The van der Waals surface area contributed by atoms with E-state index in [-0.39, 0.29) is 17.5 Å². The van der Waals surface area contributed by atoms with Crippen molar-refractivity contribution in [2.24, 2.45) is 0 Å². The van der Waals surface area contributed by atoms with Crippen molar-refractivity contribution < 1.29 is 27.2 Å². The summed E-state index contributed by atoms with van der Waals surface area (Å²) in [6, 6.07) is 7.24. The minimum atomic E-state index is -2.59. The van der Waals surface area contributed by atoms with Gasteiger partial charge in [-0.15, -0.1) is 0 Å². The standard InChI is InChI=1S/C21H25NO4/c1-23-18-6-5-13-9-17-15-11-20(25-3)19(24-2)10-14(15)7-8-22(17)12-16(13)21(18)26-4/h5-6,10-11,17H,7-9,12H2,1-4H3/t17-/m0/s1/i3D3,4D3. The Labute approximate surface area is 162 Å². The Morgan fingerprint density at radius 1 is 0.962 bits per heavy atom. The van der Waals surface area contributed by atoms with Gasteiger partial charge in [-0.1, -0.05) is 6.07 Å². The number of nitrogens with zero attached hydrogens (tertiary/aromatic N) is 1. The van der Waals surface area contributed by atoms with Gasteiger partial charge in [-0.2, -0.15) is 0 Å². The number of rotatable bonds is 4. The Morgan fingerprint density at radius 2 is 1.77 bits per heavy atom. The monoisotopic (exact) mass is 361 g/mol. The molecule has 2 aromatic carbocycles. The molecule has 1 atom stereocenters. The van der Waals surface area contributed by atoms with Crippen molar-refractivity contribution in [1.82, 2.24) is 4.90 Å².